The lowest BCUT2D eigenvalue weighted by Crippen LogP contribution is -2.37. The Morgan fingerprint density at radius 3 is 2.43 bits per heavy atom. The van der Waals surface area contributed by atoms with E-state index >= 15 is 0 Å². The molecule has 0 spiro atoms. The van der Waals surface area contributed by atoms with Crippen LogP contribution in [0.25, 0.3) is 0 Å². The SMILES string of the molecule is CNNC(=O)c1nccnc1C(C)N(C)C(=O)c1cc(Cl)cc(C(F)(F)F)c1. The number of nitrogens with one attached hydrogen (secondary N) is 2. The van der Waals surface area contributed by atoms with Crippen LogP contribution in [0.15, 0.2) is 30.6 Å². The van der Waals surface area contributed by atoms with E-state index in [0.29, 0.717) is 0 Å². The molecule has 1 heterocycles. The van der Waals surface area contributed by atoms with E-state index in [1.54, 1.807) is 6.92 Å². The summed E-state index contributed by atoms with van der Waals surface area (Å²) in [6.07, 6.45) is -1.98. The Hall–Kier alpha value is -2.72. The molecule has 7 nitrogen and oxygen atoms in total. The van der Waals surface area contributed by atoms with Gasteiger partial charge in [0.2, 0.25) is 0 Å². The molecule has 0 fully saturated rings. The zero-order chi connectivity index (χ0) is 21.1. The molecule has 0 saturated carbocycles. The number of amides is 2. The molecular weight excluding hydrogens is 399 g/mol. The average Bonchev–Trinajstić information content (AvgIpc) is 2.65. The maximum atomic E-state index is 13.0. The van der Waals surface area contributed by atoms with Crippen molar-refractivity contribution in [2.45, 2.75) is 19.1 Å². The van der Waals surface area contributed by atoms with E-state index in [4.69, 9.17) is 11.6 Å². The van der Waals surface area contributed by atoms with Crippen LogP contribution < -0.4 is 10.9 Å². The Bertz CT molecular complexity index is 891. The third kappa shape index (κ3) is 4.76. The number of hydrazine groups is 1. The largest absolute Gasteiger partial charge is 0.416 e. The van der Waals surface area contributed by atoms with Crippen molar-refractivity contribution in [3.63, 3.8) is 0 Å². The van der Waals surface area contributed by atoms with Gasteiger partial charge in [-0.3, -0.25) is 20.0 Å². The van der Waals surface area contributed by atoms with Crippen LogP contribution in [-0.4, -0.2) is 40.8 Å². The van der Waals surface area contributed by atoms with E-state index < -0.39 is 29.6 Å². The summed E-state index contributed by atoms with van der Waals surface area (Å²) in [6.45, 7) is 1.58. The lowest BCUT2D eigenvalue weighted by atomic mass is 10.1. The van der Waals surface area contributed by atoms with Crippen LogP contribution in [0.3, 0.4) is 0 Å². The van der Waals surface area contributed by atoms with Crippen molar-refractivity contribution in [2.24, 2.45) is 0 Å². The minimum Gasteiger partial charge on any atom is -0.333 e. The maximum Gasteiger partial charge on any atom is 0.416 e. The highest BCUT2D eigenvalue weighted by molar-refractivity contribution is 6.31. The Balaban J connectivity index is 2.37. The number of rotatable bonds is 5. The molecule has 0 bridgehead atoms. The number of carbonyl (C=O) groups excluding carboxylic acids is 2. The van der Waals surface area contributed by atoms with Crippen molar-refractivity contribution >= 4 is 23.4 Å². The first-order chi connectivity index (χ1) is 13.1. The van der Waals surface area contributed by atoms with E-state index in [0.717, 1.165) is 23.1 Å². The molecule has 28 heavy (non-hydrogen) atoms. The van der Waals surface area contributed by atoms with Crippen molar-refractivity contribution in [3.05, 3.63) is 58.1 Å². The van der Waals surface area contributed by atoms with Gasteiger partial charge < -0.3 is 4.90 Å². The van der Waals surface area contributed by atoms with Gasteiger partial charge in [-0.25, -0.2) is 10.4 Å². The predicted octanol–water partition coefficient (Wildman–Crippen LogP) is 2.85. The van der Waals surface area contributed by atoms with Crippen molar-refractivity contribution < 1.29 is 22.8 Å². The fraction of sp³-hybridized carbons (Fsp3) is 0.294. The van der Waals surface area contributed by atoms with Crippen LogP contribution in [0.5, 0.6) is 0 Å². The first-order valence-electron chi connectivity index (χ1n) is 7.99. The molecule has 0 aliphatic rings. The molecule has 11 heteroatoms. The first-order valence-corrected chi connectivity index (χ1v) is 8.37. The molecule has 2 aromatic rings. The van der Waals surface area contributed by atoms with Crippen molar-refractivity contribution in [3.8, 4) is 0 Å². The third-order valence-electron chi connectivity index (χ3n) is 3.95. The average molecular weight is 416 g/mol. The second-order valence-corrected chi connectivity index (χ2v) is 6.25. The number of benzene rings is 1. The Labute approximate surface area is 163 Å². The second kappa shape index (κ2) is 8.53. The molecule has 0 aliphatic carbocycles. The molecule has 0 aliphatic heterocycles. The van der Waals surface area contributed by atoms with E-state index in [2.05, 4.69) is 20.8 Å². The zero-order valence-corrected chi connectivity index (χ0v) is 15.9. The maximum absolute atomic E-state index is 13.0. The molecule has 1 aromatic carbocycles. The van der Waals surface area contributed by atoms with Gasteiger partial charge in [-0.05, 0) is 25.1 Å². The molecule has 2 N–H and O–H groups in total. The summed E-state index contributed by atoms with van der Waals surface area (Å²) in [5.41, 5.74) is 3.71. The Kier molecular flexibility index (Phi) is 6.57. The highest BCUT2D eigenvalue weighted by Gasteiger charge is 2.33. The lowest BCUT2D eigenvalue weighted by molar-refractivity contribution is -0.137. The van der Waals surface area contributed by atoms with E-state index in [1.165, 1.54) is 26.5 Å². The fourth-order valence-electron chi connectivity index (χ4n) is 2.44. The van der Waals surface area contributed by atoms with Crippen molar-refractivity contribution in [1.82, 2.24) is 25.7 Å². The smallest absolute Gasteiger partial charge is 0.333 e. The standard InChI is InChI=1S/C17H17ClF3N5O2/c1-9(13-14(15(27)25-22-2)24-5-4-23-13)26(3)16(28)10-6-11(17(19,20)21)8-12(18)7-10/h4-9,22H,1-3H3,(H,25,27). The zero-order valence-electron chi connectivity index (χ0n) is 15.1. The number of nitrogens with zero attached hydrogens (tertiary/aromatic N) is 3. The normalized spacial score (nSPS) is 12.4. The molecular formula is C17H17ClF3N5O2. The van der Waals surface area contributed by atoms with Gasteiger partial charge >= 0.3 is 6.18 Å². The summed E-state index contributed by atoms with van der Waals surface area (Å²) in [5, 5.41) is -0.215. The molecule has 1 unspecified atom stereocenters. The van der Waals surface area contributed by atoms with Gasteiger partial charge in [0.05, 0.1) is 17.3 Å². The summed E-state index contributed by atoms with van der Waals surface area (Å²) in [4.78, 5) is 34.1. The van der Waals surface area contributed by atoms with E-state index in [-0.39, 0.29) is 22.0 Å². The van der Waals surface area contributed by atoms with E-state index in [9.17, 15) is 22.8 Å². The second-order valence-electron chi connectivity index (χ2n) is 5.81. The van der Waals surface area contributed by atoms with Gasteiger partial charge in [-0.2, -0.15) is 13.2 Å². The summed E-state index contributed by atoms with van der Waals surface area (Å²) in [6, 6.07) is 1.85. The summed E-state index contributed by atoms with van der Waals surface area (Å²) in [7, 11) is 2.88. The molecule has 2 amide bonds. The number of aromatic nitrogens is 2. The molecule has 1 aromatic heterocycles. The van der Waals surface area contributed by atoms with Gasteiger partial charge in [0.25, 0.3) is 11.8 Å². The molecule has 0 saturated heterocycles. The van der Waals surface area contributed by atoms with Crippen LogP contribution in [-0.2, 0) is 6.18 Å². The quantitative estimate of drug-likeness (QED) is 0.733. The summed E-state index contributed by atoms with van der Waals surface area (Å²) >= 11 is 5.75. The minimum atomic E-state index is -4.65. The van der Waals surface area contributed by atoms with E-state index in [1.807, 2.05) is 0 Å². The minimum absolute atomic E-state index is 0.0222. The number of alkyl halides is 3. The van der Waals surface area contributed by atoms with Crippen LogP contribution in [0.2, 0.25) is 5.02 Å². The molecule has 0 radical (unpaired) electrons. The highest BCUT2D eigenvalue weighted by Crippen LogP contribution is 2.32. The predicted molar refractivity (Wildman–Crippen MR) is 95.5 cm³/mol. The lowest BCUT2D eigenvalue weighted by Gasteiger charge is -2.26. The van der Waals surface area contributed by atoms with Gasteiger partial charge in [0.1, 0.15) is 0 Å². The third-order valence-corrected chi connectivity index (χ3v) is 4.17. The van der Waals surface area contributed by atoms with Crippen LogP contribution in [0, 0.1) is 0 Å². The number of hydrogen-bond acceptors (Lipinski definition) is 5. The molecule has 2 rings (SSSR count). The van der Waals surface area contributed by atoms with Crippen LogP contribution >= 0.6 is 11.6 Å². The number of hydrogen-bond donors (Lipinski definition) is 2. The Morgan fingerprint density at radius 2 is 1.82 bits per heavy atom. The van der Waals surface area contributed by atoms with Gasteiger partial charge in [0, 0.05) is 37.1 Å². The van der Waals surface area contributed by atoms with Crippen LogP contribution in [0.1, 0.15) is 45.1 Å². The summed E-state index contributed by atoms with van der Waals surface area (Å²) < 4.78 is 39.0. The van der Waals surface area contributed by atoms with Crippen molar-refractivity contribution in [1.29, 1.82) is 0 Å². The van der Waals surface area contributed by atoms with Crippen molar-refractivity contribution in [2.75, 3.05) is 14.1 Å². The van der Waals surface area contributed by atoms with Gasteiger partial charge in [-0.1, -0.05) is 11.6 Å². The van der Waals surface area contributed by atoms with Crippen LogP contribution in [0.4, 0.5) is 13.2 Å². The first kappa shape index (κ1) is 21.6. The molecule has 1 atom stereocenters. The number of halogens is 4. The number of carbonyl (C=O) groups is 2. The van der Waals surface area contributed by atoms with Gasteiger partial charge in [0.15, 0.2) is 5.69 Å². The summed E-state index contributed by atoms with van der Waals surface area (Å²) in [5.74, 6) is -1.29. The van der Waals surface area contributed by atoms with Gasteiger partial charge in [-0.15, -0.1) is 0 Å². The monoisotopic (exact) mass is 415 g/mol. The highest BCUT2D eigenvalue weighted by atomic mass is 35.5. The molecule has 150 valence electrons. The Morgan fingerprint density at radius 1 is 1.18 bits per heavy atom. The fourth-order valence-corrected chi connectivity index (χ4v) is 2.68. The topological polar surface area (TPSA) is 87.2 Å².